The summed E-state index contributed by atoms with van der Waals surface area (Å²) < 4.78 is 0. The third-order valence-electron chi connectivity index (χ3n) is 13.4. The maximum absolute atomic E-state index is 7.62. The van der Waals surface area contributed by atoms with E-state index in [0.717, 1.165) is 12.3 Å². The number of hydrogen-bond donors (Lipinski definition) is 0. The van der Waals surface area contributed by atoms with Crippen LogP contribution < -0.4 is 0 Å². The molecule has 0 radical (unpaired) electrons. The summed E-state index contributed by atoms with van der Waals surface area (Å²) in [5, 5.41) is 10.1. The minimum absolute atomic E-state index is 0.0637. The van der Waals surface area contributed by atoms with Crippen molar-refractivity contribution in [3.8, 4) is 22.3 Å². The lowest BCUT2D eigenvalue weighted by atomic mass is 9.83. The van der Waals surface area contributed by atoms with Crippen molar-refractivity contribution in [3.05, 3.63) is 168 Å². The van der Waals surface area contributed by atoms with Gasteiger partial charge in [-0.1, -0.05) is 159 Å². The van der Waals surface area contributed by atoms with Crippen LogP contribution in [-0.2, 0) is 36.8 Å². The molecule has 4 heteroatoms. The molecule has 0 aromatic heterocycles. The zero-order chi connectivity index (χ0) is 38.8. The Hall–Kier alpha value is -3.64. The Labute approximate surface area is 344 Å². The average molecular weight is 799 g/mol. The highest BCUT2D eigenvalue weighted by molar-refractivity contribution is 8.44. The molecule has 0 N–H and O–H groups in total. The molecule has 0 fully saturated rings. The molecule has 2 heterocycles. The second-order valence-corrected chi connectivity index (χ2v) is 29.8. The molecule has 0 aliphatic carbocycles. The number of fused-ring (bicyclic) bond motifs is 14. The molecule has 0 saturated carbocycles. The minimum atomic E-state index is -2.37. The monoisotopic (exact) mass is 798 g/mol. The van der Waals surface area contributed by atoms with E-state index in [1.165, 1.54) is 87.6 Å². The first kappa shape index (κ1) is 36.7. The molecular weight excluding hydrogens is 751 g/mol. The van der Waals surface area contributed by atoms with Gasteiger partial charge in [-0.15, -0.1) is 0 Å². The van der Waals surface area contributed by atoms with Crippen LogP contribution >= 0.6 is 12.9 Å². The fourth-order valence-corrected chi connectivity index (χ4v) is 21.6. The van der Waals surface area contributed by atoms with Gasteiger partial charge in [-0.05, 0) is 118 Å². The van der Waals surface area contributed by atoms with Gasteiger partial charge in [0.05, 0.1) is 22.6 Å². The quantitative estimate of drug-likeness (QED) is 0.120. The molecule has 8 aromatic rings. The van der Waals surface area contributed by atoms with Gasteiger partial charge in [-0.3, -0.25) is 0 Å². The predicted octanol–water partition coefficient (Wildman–Crippen LogP) is 16.0. The Morgan fingerprint density at radius 2 is 0.661 bits per heavy atom. The Morgan fingerprint density at radius 3 is 0.982 bits per heavy atom. The zero-order valence-electron chi connectivity index (χ0n) is 33.1. The van der Waals surface area contributed by atoms with Crippen molar-refractivity contribution < 1.29 is 0 Å². The molecule has 0 nitrogen and oxygen atoms in total. The van der Waals surface area contributed by atoms with E-state index in [1.807, 2.05) is 0 Å². The van der Waals surface area contributed by atoms with Crippen molar-refractivity contribution in [2.24, 2.45) is 0 Å². The zero-order valence-corrected chi connectivity index (χ0v) is 36.6. The summed E-state index contributed by atoms with van der Waals surface area (Å²) in [7, 11) is 0. The lowest BCUT2D eigenvalue weighted by Crippen LogP contribution is -2.33. The summed E-state index contributed by atoms with van der Waals surface area (Å²) in [6.45, 7) is 9.97. The highest BCUT2D eigenvalue weighted by atomic mass is 32.7. The Morgan fingerprint density at radius 1 is 0.375 bits per heavy atom. The molecule has 10 rings (SSSR count). The summed E-state index contributed by atoms with van der Waals surface area (Å²) in [5.74, 6) is 0. The highest BCUT2D eigenvalue weighted by Gasteiger charge is 2.60. The van der Waals surface area contributed by atoms with Crippen molar-refractivity contribution in [1.82, 2.24) is 0 Å². The Balaban J connectivity index is 1.42. The van der Waals surface area contributed by atoms with E-state index in [-0.39, 0.29) is 21.6 Å². The molecule has 0 amide bonds. The first-order chi connectivity index (χ1) is 26.8. The number of hydrogen-bond acceptors (Lipinski definition) is 2. The molecule has 0 bridgehead atoms. The van der Waals surface area contributed by atoms with Gasteiger partial charge in [0.15, 0.2) is 0 Å². The van der Waals surface area contributed by atoms with Crippen LogP contribution in [0.3, 0.4) is 0 Å². The fourth-order valence-electron chi connectivity index (χ4n) is 10.4. The third kappa shape index (κ3) is 5.29. The van der Waals surface area contributed by atoms with Crippen LogP contribution in [-0.4, -0.2) is 10.3 Å². The molecule has 2 aliphatic rings. The smallest absolute Gasteiger partial charge is 0.115 e. The average Bonchev–Trinajstić information content (AvgIpc) is 3.38. The molecular formula is C52H48P2S2. The van der Waals surface area contributed by atoms with E-state index in [0.29, 0.717) is 0 Å². The van der Waals surface area contributed by atoms with Crippen LogP contribution in [0, 0.1) is 0 Å². The van der Waals surface area contributed by atoms with Crippen LogP contribution in [0.1, 0.15) is 75.1 Å². The topological polar surface area (TPSA) is 0 Å². The van der Waals surface area contributed by atoms with E-state index in [9.17, 15) is 0 Å². The summed E-state index contributed by atoms with van der Waals surface area (Å²) >= 11 is 15.2. The molecule has 2 unspecified atom stereocenters. The lowest BCUT2D eigenvalue weighted by Gasteiger charge is -2.57. The summed E-state index contributed by atoms with van der Waals surface area (Å²) in [6.07, 6.45) is 1.79. The largest absolute Gasteiger partial charge is 0.555 e. The second kappa shape index (κ2) is 12.9. The van der Waals surface area contributed by atoms with Gasteiger partial charge in [0, 0.05) is 11.1 Å². The second-order valence-electron chi connectivity index (χ2n) is 18.3. The first-order valence-corrected chi connectivity index (χ1v) is 26.1. The summed E-state index contributed by atoms with van der Waals surface area (Å²) in [6, 6.07) is 55.4. The fraction of sp³-hybridized carbons (Fsp3) is 0.231. The maximum atomic E-state index is 7.62. The van der Waals surface area contributed by atoms with E-state index in [4.69, 9.17) is 24.5 Å². The van der Waals surface area contributed by atoms with Gasteiger partial charge in [0.25, 0.3) is 0 Å². The van der Waals surface area contributed by atoms with Gasteiger partial charge in [0.1, 0.15) is 11.3 Å². The van der Waals surface area contributed by atoms with Crippen molar-refractivity contribution >= 4 is 80.5 Å². The van der Waals surface area contributed by atoms with Gasteiger partial charge in [0.2, 0.25) is 0 Å². The minimum Gasteiger partial charge on any atom is -0.555 e. The molecule has 0 saturated heterocycles. The lowest BCUT2D eigenvalue weighted by molar-refractivity contribution is 0.718. The Bertz CT molecular complexity index is 2700. The van der Waals surface area contributed by atoms with E-state index in [1.54, 1.807) is 0 Å². The van der Waals surface area contributed by atoms with Crippen molar-refractivity contribution in [2.75, 3.05) is 0 Å². The van der Waals surface area contributed by atoms with Gasteiger partial charge >= 0.3 is 0 Å². The summed E-state index contributed by atoms with van der Waals surface area (Å²) in [5.41, 5.74) is 11.2. The third-order valence-corrected chi connectivity index (χ3v) is 28.1. The van der Waals surface area contributed by atoms with E-state index < -0.39 is 12.9 Å². The molecule has 0 spiro atoms. The van der Waals surface area contributed by atoms with Crippen LogP contribution in [0.4, 0.5) is 0 Å². The maximum Gasteiger partial charge on any atom is 0.115 e. The molecule has 8 aromatic carbocycles. The first-order valence-electron chi connectivity index (χ1n) is 20.0. The Kier molecular flexibility index (Phi) is 8.47. The van der Waals surface area contributed by atoms with Crippen molar-refractivity contribution in [2.45, 2.75) is 75.5 Å². The van der Waals surface area contributed by atoms with Gasteiger partial charge in [-0.25, -0.2) is 0 Å². The number of rotatable bonds is 1. The van der Waals surface area contributed by atoms with Crippen molar-refractivity contribution in [1.29, 1.82) is 0 Å². The van der Waals surface area contributed by atoms with Crippen LogP contribution in [0.15, 0.2) is 146 Å². The normalized spacial score (nSPS) is 22.3. The standard InChI is InChI=1S/C52H48P2S2/c1-51(2,3)53(55)31-37-25-23-33-15-7-11-19-39(33)45(37)47-41-21-13-9-17-35(41)27-29-43(47)49(53)50-44-30-28-36-18-10-14-22-42(36)48(44)46-38(32-54(50,56)52(4,5)6)26-24-34-16-8-12-20-40(34)46/h7-30,49-50H,31-32H2,1-6H3/t49-,50-,53?,54?/m1/s1. The summed E-state index contributed by atoms with van der Waals surface area (Å²) in [4.78, 5) is 0. The predicted molar refractivity (Wildman–Crippen MR) is 255 cm³/mol. The number of benzene rings is 8. The molecule has 56 heavy (non-hydrogen) atoms. The molecule has 278 valence electrons. The van der Waals surface area contributed by atoms with E-state index >= 15 is 0 Å². The van der Waals surface area contributed by atoms with Crippen LogP contribution in [0.25, 0.3) is 65.3 Å². The van der Waals surface area contributed by atoms with Crippen molar-refractivity contribution in [3.63, 3.8) is 0 Å². The molecule has 4 atom stereocenters. The SMILES string of the molecule is CC(C)(C)[P+]1([S-])Cc2ccc3ccccc3c2-c2c(ccc3ccccc23)[C@@H]1[C@H]1c2ccc3ccccc3c2-c2c(ccc3ccccc23)C[P+]1([S-])C(C)(C)C. The molecule has 2 aliphatic heterocycles. The van der Waals surface area contributed by atoms with Gasteiger partial charge in [-0.2, -0.15) is 0 Å². The van der Waals surface area contributed by atoms with E-state index in [2.05, 4.69) is 187 Å². The van der Waals surface area contributed by atoms with Gasteiger partial charge < -0.3 is 24.5 Å². The van der Waals surface area contributed by atoms with Crippen LogP contribution in [0.2, 0.25) is 0 Å². The van der Waals surface area contributed by atoms with Crippen LogP contribution in [0.5, 0.6) is 0 Å². The highest BCUT2D eigenvalue weighted by Crippen LogP contribution is 2.92.